The van der Waals surface area contributed by atoms with Crippen molar-refractivity contribution in [2.75, 3.05) is 62.6 Å². The topological polar surface area (TPSA) is 134 Å². The maximum Gasteiger partial charge on any atom is 0.226 e. The number of rotatable bonds is 13. The molecule has 14 heteroatoms. The molecule has 51 heavy (non-hydrogen) atoms. The summed E-state index contributed by atoms with van der Waals surface area (Å²) in [6.07, 6.45) is 15.9. The molecule has 8 rings (SSSR count). The van der Waals surface area contributed by atoms with E-state index in [0.29, 0.717) is 31.2 Å². The predicted octanol–water partition coefficient (Wildman–Crippen LogP) is 4.05. The van der Waals surface area contributed by atoms with Gasteiger partial charge in [-0.2, -0.15) is 10.2 Å². The van der Waals surface area contributed by atoms with Gasteiger partial charge in [-0.1, -0.05) is 6.92 Å². The number of carbonyl (C=O) groups excluding carboxylic acids is 2. The lowest BCUT2D eigenvalue weighted by atomic mass is 9.98. The Labute approximate surface area is 297 Å². The number of hydrogen-bond donors (Lipinski definition) is 2. The van der Waals surface area contributed by atoms with Crippen LogP contribution in [0.3, 0.4) is 0 Å². The van der Waals surface area contributed by atoms with E-state index in [0.717, 1.165) is 98.9 Å². The molecule has 5 aromatic rings. The molecule has 1 unspecified atom stereocenters. The molecule has 6 heterocycles. The van der Waals surface area contributed by atoms with Crippen LogP contribution in [0, 0.1) is 0 Å². The standard InChI is InChI=1S/C37H48N12O2/c1-26(3-8-34(51)40-25-50)35-31-7-6-30(21-32(31)44(2)43-35)47-19-17-46(18-20-47)16-15-45-12-9-29(10-13-45)49-24-28(22-41-49)42-36-37-38-11-14-48(37)33(23-39-36)27-4-5-27/h6-7,11,14,21-27,29H,3-5,8-10,12-13,15-20H2,1-2H3,(H,39,42)(H,40,50,51). The van der Waals surface area contributed by atoms with E-state index < -0.39 is 0 Å². The van der Waals surface area contributed by atoms with Crippen molar-refractivity contribution in [3.05, 3.63) is 60.6 Å². The van der Waals surface area contributed by atoms with Crippen LogP contribution in [-0.2, 0) is 16.6 Å². The Morgan fingerprint density at radius 3 is 2.55 bits per heavy atom. The number of amides is 2. The van der Waals surface area contributed by atoms with Crippen LogP contribution in [0.15, 0.2) is 49.2 Å². The summed E-state index contributed by atoms with van der Waals surface area (Å²) in [5.41, 5.74) is 6.39. The Morgan fingerprint density at radius 1 is 1.00 bits per heavy atom. The van der Waals surface area contributed by atoms with Gasteiger partial charge in [-0.25, -0.2) is 9.97 Å². The molecular weight excluding hydrogens is 644 g/mol. The van der Waals surface area contributed by atoms with Crippen molar-refractivity contribution in [2.45, 2.75) is 63.3 Å². The van der Waals surface area contributed by atoms with E-state index in [2.05, 4.69) is 70.7 Å². The van der Waals surface area contributed by atoms with E-state index in [-0.39, 0.29) is 11.8 Å². The second kappa shape index (κ2) is 14.4. The van der Waals surface area contributed by atoms with Gasteiger partial charge in [0.2, 0.25) is 12.3 Å². The molecule has 2 N–H and O–H groups in total. The van der Waals surface area contributed by atoms with Crippen molar-refractivity contribution in [2.24, 2.45) is 7.05 Å². The van der Waals surface area contributed by atoms with E-state index in [1.807, 2.05) is 36.5 Å². The van der Waals surface area contributed by atoms with Gasteiger partial charge in [0, 0.05) is 119 Å². The average molecular weight is 693 g/mol. The lowest BCUT2D eigenvalue weighted by Gasteiger charge is -2.38. The second-order valence-electron chi connectivity index (χ2n) is 14.5. The number of aryl methyl sites for hydroxylation is 1. The van der Waals surface area contributed by atoms with Gasteiger partial charge in [-0.05, 0) is 50.3 Å². The fraction of sp³-hybridized carbons (Fsp3) is 0.514. The minimum absolute atomic E-state index is 0.111. The first-order valence-electron chi connectivity index (χ1n) is 18.5. The maximum atomic E-state index is 11.8. The van der Waals surface area contributed by atoms with Crippen LogP contribution >= 0.6 is 0 Å². The quantitative estimate of drug-likeness (QED) is 0.174. The summed E-state index contributed by atoms with van der Waals surface area (Å²) in [7, 11) is 1.98. The first-order valence-corrected chi connectivity index (χ1v) is 18.5. The van der Waals surface area contributed by atoms with Gasteiger partial charge in [0.1, 0.15) is 0 Å². The molecule has 2 amide bonds. The number of imide groups is 1. The number of carbonyl (C=O) groups is 2. The van der Waals surface area contributed by atoms with E-state index in [1.54, 1.807) is 0 Å². The number of anilines is 3. The second-order valence-corrected chi connectivity index (χ2v) is 14.5. The Balaban J connectivity index is 0.785. The van der Waals surface area contributed by atoms with E-state index in [4.69, 9.17) is 15.2 Å². The Kier molecular flexibility index (Phi) is 9.43. The molecule has 3 fully saturated rings. The zero-order chi connectivity index (χ0) is 34.9. The summed E-state index contributed by atoms with van der Waals surface area (Å²) in [4.78, 5) is 39.3. The number of aromatic nitrogens is 7. The number of piperidine rings is 1. The van der Waals surface area contributed by atoms with Gasteiger partial charge in [-0.3, -0.25) is 33.6 Å². The van der Waals surface area contributed by atoms with Crippen LogP contribution in [0.2, 0.25) is 0 Å². The van der Waals surface area contributed by atoms with Crippen LogP contribution in [0.25, 0.3) is 16.6 Å². The number of piperazine rings is 1. The van der Waals surface area contributed by atoms with E-state index in [1.165, 1.54) is 24.2 Å². The van der Waals surface area contributed by atoms with Gasteiger partial charge in [0.15, 0.2) is 11.5 Å². The highest BCUT2D eigenvalue weighted by atomic mass is 16.2. The molecule has 1 aromatic carbocycles. The first-order chi connectivity index (χ1) is 24.9. The number of imidazole rings is 1. The fourth-order valence-corrected chi connectivity index (χ4v) is 7.82. The number of fused-ring (bicyclic) bond motifs is 2. The van der Waals surface area contributed by atoms with Crippen molar-refractivity contribution >= 4 is 46.1 Å². The summed E-state index contributed by atoms with van der Waals surface area (Å²) in [6.45, 7) is 10.6. The molecule has 1 saturated carbocycles. The zero-order valence-corrected chi connectivity index (χ0v) is 29.6. The van der Waals surface area contributed by atoms with Crippen molar-refractivity contribution in [1.29, 1.82) is 0 Å². The average Bonchev–Trinajstić information content (AvgIpc) is 3.51. The SMILES string of the molecule is CC(CCC(=O)NC=O)c1nn(C)c2cc(N3CCN(CCN4CCC(n5cc(Nc6ncc(C7CC7)n7ccnc67)cn5)CC4)CC3)ccc12. The lowest BCUT2D eigenvalue weighted by molar-refractivity contribution is -0.125. The molecule has 4 aromatic heterocycles. The van der Waals surface area contributed by atoms with Gasteiger partial charge in [0.05, 0.1) is 29.1 Å². The van der Waals surface area contributed by atoms with Gasteiger partial charge >= 0.3 is 0 Å². The Morgan fingerprint density at radius 2 is 1.78 bits per heavy atom. The minimum atomic E-state index is -0.253. The summed E-state index contributed by atoms with van der Waals surface area (Å²) in [6, 6.07) is 7.04. The van der Waals surface area contributed by atoms with E-state index >= 15 is 0 Å². The first kappa shape index (κ1) is 33.3. The molecule has 14 nitrogen and oxygen atoms in total. The van der Waals surface area contributed by atoms with Crippen LogP contribution in [0.5, 0.6) is 0 Å². The van der Waals surface area contributed by atoms with Crippen molar-refractivity contribution < 1.29 is 9.59 Å². The molecule has 268 valence electrons. The lowest BCUT2D eigenvalue weighted by Crippen LogP contribution is -2.49. The number of nitrogens with zero attached hydrogens (tertiary/aromatic N) is 10. The highest BCUT2D eigenvalue weighted by Crippen LogP contribution is 2.40. The van der Waals surface area contributed by atoms with Crippen LogP contribution in [-0.4, -0.2) is 108 Å². The largest absolute Gasteiger partial charge is 0.369 e. The van der Waals surface area contributed by atoms with Crippen molar-refractivity contribution in [1.82, 2.24) is 49.0 Å². The van der Waals surface area contributed by atoms with Gasteiger partial charge in [0.25, 0.3) is 0 Å². The number of benzene rings is 1. The Hall–Kier alpha value is -4.82. The Bertz CT molecular complexity index is 1990. The molecule has 2 saturated heterocycles. The molecule has 2 aliphatic heterocycles. The van der Waals surface area contributed by atoms with Crippen LogP contribution in [0.4, 0.5) is 17.2 Å². The van der Waals surface area contributed by atoms with E-state index in [9.17, 15) is 9.59 Å². The molecule has 0 spiro atoms. The number of nitrogens with one attached hydrogen (secondary N) is 2. The third-order valence-corrected chi connectivity index (χ3v) is 11.1. The number of likely N-dealkylation sites (tertiary alicyclic amines) is 1. The number of hydrogen-bond acceptors (Lipinski definition) is 10. The highest BCUT2D eigenvalue weighted by molar-refractivity contribution is 5.87. The van der Waals surface area contributed by atoms with Crippen LogP contribution in [0.1, 0.15) is 74.7 Å². The molecule has 3 aliphatic rings. The van der Waals surface area contributed by atoms with Gasteiger partial charge in [-0.15, -0.1) is 0 Å². The van der Waals surface area contributed by atoms with Crippen LogP contribution < -0.4 is 15.5 Å². The monoisotopic (exact) mass is 692 g/mol. The summed E-state index contributed by atoms with van der Waals surface area (Å²) in [5, 5.41) is 16.3. The normalized spacial score (nSPS) is 18.4. The minimum Gasteiger partial charge on any atom is -0.369 e. The zero-order valence-electron chi connectivity index (χ0n) is 29.6. The van der Waals surface area contributed by atoms with Gasteiger partial charge < -0.3 is 15.1 Å². The third kappa shape index (κ3) is 7.20. The fourth-order valence-electron chi connectivity index (χ4n) is 7.82. The molecule has 0 radical (unpaired) electrons. The molecule has 1 aliphatic carbocycles. The predicted molar refractivity (Wildman–Crippen MR) is 196 cm³/mol. The summed E-state index contributed by atoms with van der Waals surface area (Å²) in [5.74, 6) is 1.24. The highest BCUT2D eigenvalue weighted by Gasteiger charge is 2.28. The smallest absolute Gasteiger partial charge is 0.226 e. The summed E-state index contributed by atoms with van der Waals surface area (Å²) >= 11 is 0. The van der Waals surface area contributed by atoms with Crippen molar-refractivity contribution in [3.8, 4) is 0 Å². The third-order valence-electron chi connectivity index (χ3n) is 11.1. The summed E-state index contributed by atoms with van der Waals surface area (Å²) < 4.78 is 6.24. The van der Waals surface area contributed by atoms with Crippen molar-refractivity contribution in [3.63, 3.8) is 0 Å². The molecule has 0 bridgehead atoms. The maximum absolute atomic E-state index is 11.8. The molecular formula is C37H48N12O2. The molecule has 1 atom stereocenters.